The molecule has 7 heteroatoms. The van der Waals surface area contributed by atoms with Crippen LogP contribution in [-0.2, 0) is 6.42 Å². The summed E-state index contributed by atoms with van der Waals surface area (Å²) in [4.78, 5) is 32.4. The van der Waals surface area contributed by atoms with Gasteiger partial charge >= 0.3 is 6.03 Å². The van der Waals surface area contributed by atoms with E-state index in [9.17, 15) is 9.59 Å². The Balaban J connectivity index is 1.52. The number of anilines is 1. The number of hydrogen-bond donors (Lipinski definition) is 3. The maximum absolute atomic E-state index is 12.4. The highest BCUT2D eigenvalue weighted by molar-refractivity contribution is 5.94. The first kappa shape index (κ1) is 24.2. The molecule has 0 aliphatic rings. The molecule has 0 unspecified atom stereocenters. The van der Waals surface area contributed by atoms with E-state index in [1.165, 1.54) is 0 Å². The largest absolute Gasteiger partial charge is 0.355 e. The van der Waals surface area contributed by atoms with Crippen molar-refractivity contribution in [3.8, 4) is 23.0 Å². The third-order valence-electron chi connectivity index (χ3n) is 5.41. The fourth-order valence-corrected chi connectivity index (χ4v) is 3.54. The van der Waals surface area contributed by atoms with Crippen LogP contribution in [0.1, 0.15) is 27.0 Å². The van der Waals surface area contributed by atoms with E-state index in [0.29, 0.717) is 24.2 Å². The molecule has 3 amide bonds. The second kappa shape index (κ2) is 12.0. The van der Waals surface area contributed by atoms with Gasteiger partial charge in [0.1, 0.15) is 0 Å². The van der Waals surface area contributed by atoms with Crippen molar-refractivity contribution in [3.63, 3.8) is 0 Å². The van der Waals surface area contributed by atoms with Crippen LogP contribution >= 0.6 is 0 Å². The number of carbonyl (C=O) groups excluding carboxylic acids is 2. The third-order valence-corrected chi connectivity index (χ3v) is 5.41. The van der Waals surface area contributed by atoms with Gasteiger partial charge in [0.15, 0.2) is 0 Å². The number of nitrogens with one attached hydrogen (secondary N) is 3. The molecule has 4 rings (SSSR count). The summed E-state index contributed by atoms with van der Waals surface area (Å²) in [7, 11) is 1.60. The lowest BCUT2D eigenvalue weighted by Gasteiger charge is -2.11. The number of nitrogens with zero attached hydrogens (tertiary/aromatic N) is 2. The second-order valence-electron chi connectivity index (χ2n) is 7.89. The number of pyridine rings is 2. The zero-order valence-corrected chi connectivity index (χ0v) is 19.8. The highest BCUT2D eigenvalue weighted by Crippen LogP contribution is 2.26. The smallest absolute Gasteiger partial charge is 0.319 e. The fourth-order valence-electron chi connectivity index (χ4n) is 3.54. The molecule has 0 saturated carbocycles. The van der Waals surface area contributed by atoms with Crippen molar-refractivity contribution < 1.29 is 9.59 Å². The van der Waals surface area contributed by atoms with Gasteiger partial charge in [-0.3, -0.25) is 14.8 Å². The summed E-state index contributed by atoms with van der Waals surface area (Å²) in [5.41, 5.74) is 5.68. The summed E-state index contributed by atoms with van der Waals surface area (Å²) in [6.07, 6.45) is 7.66. The zero-order valence-electron chi connectivity index (χ0n) is 19.8. The standard InChI is InChI=1S/C29H25N5O2/c1-30-28(35)24-7-4-21(5-8-24)6-9-25-19-26(10-11-27(25)23-13-16-31-17-14-23)34-29(36)33-18-12-22-3-2-15-32-20-22/h2-5,7-8,10-11,13-17,19-20H,12,18H2,1H3,(H,30,35)(H2,33,34,36). The van der Waals surface area contributed by atoms with Crippen LogP contribution in [0.15, 0.2) is 91.5 Å². The SMILES string of the molecule is CNC(=O)c1ccc(C#Cc2cc(NC(=O)NCCc3cccnc3)ccc2-c2ccncc2)cc1. The Morgan fingerprint density at radius 1 is 0.889 bits per heavy atom. The molecule has 0 radical (unpaired) electrons. The molecule has 3 N–H and O–H groups in total. The van der Waals surface area contributed by atoms with Crippen molar-refractivity contribution >= 4 is 17.6 Å². The maximum Gasteiger partial charge on any atom is 0.319 e. The lowest BCUT2D eigenvalue weighted by Crippen LogP contribution is -2.30. The molecule has 2 aromatic carbocycles. The number of hydrogen-bond acceptors (Lipinski definition) is 4. The summed E-state index contributed by atoms with van der Waals surface area (Å²) >= 11 is 0. The van der Waals surface area contributed by atoms with Gasteiger partial charge in [0, 0.05) is 60.8 Å². The number of carbonyl (C=O) groups is 2. The lowest BCUT2D eigenvalue weighted by molar-refractivity contribution is 0.0963. The van der Waals surface area contributed by atoms with Crippen LogP contribution in [0.4, 0.5) is 10.5 Å². The van der Waals surface area contributed by atoms with E-state index in [2.05, 4.69) is 37.8 Å². The zero-order chi connectivity index (χ0) is 25.2. The molecule has 0 aliphatic carbocycles. The van der Waals surface area contributed by atoms with Crippen LogP contribution in [0, 0.1) is 11.8 Å². The Bertz CT molecular complexity index is 1390. The Morgan fingerprint density at radius 3 is 2.42 bits per heavy atom. The minimum atomic E-state index is -0.292. The molecule has 0 spiro atoms. The van der Waals surface area contributed by atoms with Gasteiger partial charge in [0.25, 0.3) is 5.91 Å². The number of benzene rings is 2. The molecule has 7 nitrogen and oxygen atoms in total. The van der Waals surface area contributed by atoms with Gasteiger partial charge in [-0.05, 0) is 77.7 Å². The van der Waals surface area contributed by atoms with Gasteiger partial charge in [-0.1, -0.05) is 24.0 Å². The van der Waals surface area contributed by atoms with Gasteiger partial charge in [-0.2, -0.15) is 0 Å². The molecule has 178 valence electrons. The second-order valence-corrected chi connectivity index (χ2v) is 7.89. The summed E-state index contributed by atoms with van der Waals surface area (Å²) in [6.45, 7) is 0.491. The number of amides is 3. The van der Waals surface area contributed by atoms with Crippen LogP contribution in [0.5, 0.6) is 0 Å². The van der Waals surface area contributed by atoms with Crippen molar-refractivity contribution in [2.24, 2.45) is 0 Å². The first-order chi connectivity index (χ1) is 17.6. The monoisotopic (exact) mass is 475 g/mol. The number of aromatic nitrogens is 2. The van der Waals surface area contributed by atoms with E-state index in [1.807, 2.05) is 54.6 Å². The van der Waals surface area contributed by atoms with E-state index in [1.54, 1.807) is 44.0 Å². The van der Waals surface area contributed by atoms with E-state index in [0.717, 1.165) is 27.8 Å². The van der Waals surface area contributed by atoms with Crippen molar-refractivity contribution in [2.75, 3.05) is 18.9 Å². The Kier molecular flexibility index (Phi) is 8.03. The quantitative estimate of drug-likeness (QED) is 0.363. The first-order valence-electron chi connectivity index (χ1n) is 11.4. The molecule has 4 aromatic rings. The predicted molar refractivity (Wildman–Crippen MR) is 140 cm³/mol. The van der Waals surface area contributed by atoms with E-state index in [4.69, 9.17) is 0 Å². The maximum atomic E-state index is 12.4. The predicted octanol–water partition coefficient (Wildman–Crippen LogP) is 4.27. The van der Waals surface area contributed by atoms with Crippen LogP contribution in [0.2, 0.25) is 0 Å². The van der Waals surface area contributed by atoms with Crippen molar-refractivity contribution in [1.82, 2.24) is 20.6 Å². The van der Waals surface area contributed by atoms with Gasteiger partial charge in [-0.25, -0.2) is 4.79 Å². The molecular formula is C29H25N5O2. The average molecular weight is 476 g/mol. The Hall–Kier alpha value is -4.96. The molecule has 0 saturated heterocycles. The number of urea groups is 1. The molecule has 2 aromatic heterocycles. The molecule has 0 atom stereocenters. The van der Waals surface area contributed by atoms with Crippen LogP contribution in [-0.4, -0.2) is 35.5 Å². The minimum Gasteiger partial charge on any atom is -0.355 e. The minimum absolute atomic E-state index is 0.146. The summed E-state index contributed by atoms with van der Waals surface area (Å²) in [6, 6.07) is 20.1. The number of rotatable bonds is 6. The summed E-state index contributed by atoms with van der Waals surface area (Å²) in [5, 5.41) is 8.35. The molecule has 0 bridgehead atoms. The van der Waals surface area contributed by atoms with Gasteiger partial charge < -0.3 is 16.0 Å². The fraction of sp³-hybridized carbons (Fsp3) is 0.103. The lowest BCUT2D eigenvalue weighted by atomic mass is 9.99. The normalized spacial score (nSPS) is 10.0. The Morgan fingerprint density at radius 2 is 1.69 bits per heavy atom. The Labute approximate surface area is 210 Å². The third kappa shape index (κ3) is 6.55. The first-order valence-corrected chi connectivity index (χ1v) is 11.4. The highest BCUT2D eigenvalue weighted by atomic mass is 16.2. The summed E-state index contributed by atoms with van der Waals surface area (Å²) < 4.78 is 0. The van der Waals surface area contributed by atoms with Crippen molar-refractivity contribution in [2.45, 2.75) is 6.42 Å². The molecule has 2 heterocycles. The van der Waals surface area contributed by atoms with Crippen molar-refractivity contribution in [1.29, 1.82) is 0 Å². The van der Waals surface area contributed by atoms with Gasteiger partial charge in [0.05, 0.1) is 0 Å². The molecule has 0 fully saturated rings. The van der Waals surface area contributed by atoms with E-state index >= 15 is 0 Å². The van der Waals surface area contributed by atoms with Crippen LogP contribution in [0.3, 0.4) is 0 Å². The van der Waals surface area contributed by atoms with Gasteiger partial charge in [0.2, 0.25) is 0 Å². The molecule has 0 aliphatic heterocycles. The van der Waals surface area contributed by atoms with Crippen LogP contribution < -0.4 is 16.0 Å². The van der Waals surface area contributed by atoms with Crippen LogP contribution in [0.25, 0.3) is 11.1 Å². The molecule has 36 heavy (non-hydrogen) atoms. The summed E-state index contributed by atoms with van der Waals surface area (Å²) in [5.74, 6) is 6.23. The van der Waals surface area contributed by atoms with Crippen molar-refractivity contribution in [3.05, 3.63) is 114 Å². The topological polar surface area (TPSA) is 96.0 Å². The van der Waals surface area contributed by atoms with E-state index in [-0.39, 0.29) is 11.9 Å². The molecular weight excluding hydrogens is 450 g/mol. The van der Waals surface area contributed by atoms with E-state index < -0.39 is 0 Å². The average Bonchev–Trinajstić information content (AvgIpc) is 2.93. The van der Waals surface area contributed by atoms with Gasteiger partial charge in [-0.15, -0.1) is 0 Å². The highest BCUT2D eigenvalue weighted by Gasteiger charge is 2.08.